The maximum absolute atomic E-state index is 12.3. The van der Waals surface area contributed by atoms with Crippen molar-refractivity contribution in [3.8, 4) is 0 Å². The van der Waals surface area contributed by atoms with Crippen molar-refractivity contribution >= 4 is 17.2 Å². The molecule has 4 nitrogen and oxygen atoms in total. The van der Waals surface area contributed by atoms with Gasteiger partial charge < -0.3 is 0 Å². The van der Waals surface area contributed by atoms with E-state index in [2.05, 4.69) is 16.8 Å². The second-order valence-corrected chi connectivity index (χ2v) is 7.08. The molecule has 4 rings (SSSR count). The molecule has 2 heterocycles. The Labute approximate surface area is 134 Å². The van der Waals surface area contributed by atoms with E-state index in [1.165, 1.54) is 30.1 Å². The van der Waals surface area contributed by atoms with Crippen molar-refractivity contribution < 1.29 is 0 Å². The number of rotatable bonds is 5. The molecule has 0 spiro atoms. The van der Waals surface area contributed by atoms with Crippen molar-refractivity contribution in [2.75, 3.05) is 0 Å². The van der Waals surface area contributed by atoms with E-state index in [0.717, 1.165) is 18.2 Å². The van der Waals surface area contributed by atoms with Crippen LogP contribution >= 0.6 is 11.6 Å². The van der Waals surface area contributed by atoms with Crippen LogP contribution in [0.3, 0.4) is 0 Å². The van der Waals surface area contributed by atoms with Gasteiger partial charge in [-0.15, -0.1) is 0 Å². The van der Waals surface area contributed by atoms with E-state index in [4.69, 9.17) is 11.6 Å². The Bertz CT molecular complexity index is 764. The van der Waals surface area contributed by atoms with Crippen molar-refractivity contribution in [1.29, 1.82) is 0 Å². The van der Waals surface area contributed by atoms with Crippen LogP contribution in [-0.2, 0) is 6.54 Å². The van der Waals surface area contributed by atoms with Gasteiger partial charge in [0, 0.05) is 30.9 Å². The van der Waals surface area contributed by atoms with E-state index < -0.39 is 0 Å². The molecule has 2 saturated carbocycles. The van der Waals surface area contributed by atoms with Gasteiger partial charge in [-0.25, -0.2) is 4.98 Å². The van der Waals surface area contributed by atoms with Crippen LogP contribution in [0.25, 0.3) is 5.65 Å². The normalized spacial score (nSPS) is 19.8. The van der Waals surface area contributed by atoms with E-state index in [1.54, 1.807) is 24.4 Å². The minimum Gasteiger partial charge on any atom is -0.292 e. The van der Waals surface area contributed by atoms with Gasteiger partial charge in [0.15, 0.2) is 0 Å². The number of halogens is 1. The summed E-state index contributed by atoms with van der Waals surface area (Å²) >= 11 is 5.95. The molecule has 116 valence electrons. The molecule has 1 unspecified atom stereocenters. The quantitative estimate of drug-likeness (QED) is 0.850. The molecule has 2 aromatic heterocycles. The van der Waals surface area contributed by atoms with Gasteiger partial charge >= 0.3 is 0 Å². The van der Waals surface area contributed by atoms with Crippen molar-refractivity contribution in [2.24, 2.45) is 5.92 Å². The molecule has 2 aliphatic rings. The lowest BCUT2D eigenvalue weighted by Gasteiger charge is -2.29. The minimum absolute atomic E-state index is 0.0580. The average molecular weight is 318 g/mol. The maximum atomic E-state index is 12.3. The first-order valence-corrected chi connectivity index (χ1v) is 8.43. The van der Waals surface area contributed by atoms with Crippen molar-refractivity contribution in [3.63, 3.8) is 0 Å². The molecular weight excluding hydrogens is 298 g/mol. The third-order valence-corrected chi connectivity index (χ3v) is 5.09. The highest BCUT2D eigenvalue weighted by atomic mass is 35.5. The van der Waals surface area contributed by atoms with Crippen LogP contribution in [0.1, 0.15) is 38.3 Å². The number of hydrogen-bond acceptors (Lipinski definition) is 3. The lowest BCUT2D eigenvalue weighted by atomic mass is 10.1. The average Bonchev–Trinajstić information content (AvgIpc) is 3.38. The molecule has 0 aromatic carbocycles. The molecule has 0 amide bonds. The fraction of sp³-hybridized carbons (Fsp3) is 0.529. The second-order valence-electron chi connectivity index (χ2n) is 6.64. The fourth-order valence-corrected chi connectivity index (χ4v) is 3.42. The predicted octanol–water partition coefficient (Wildman–Crippen LogP) is 3.11. The summed E-state index contributed by atoms with van der Waals surface area (Å²) in [6.45, 7) is 3.10. The monoisotopic (exact) mass is 317 g/mol. The van der Waals surface area contributed by atoms with E-state index in [9.17, 15) is 4.79 Å². The first kappa shape index (κ1) is 14.2. The third-order valence-electron chi connectivity index (χ3n) is 4.86. The van der Waals surface area contributed by atoms with Crippen molar-refractivity contribution in [3.05, 3.63) is 45.5 Å². The lowest BCUT2D eigenvalue weighted by Crippen LogP contribution is -2.36. The summed E-state index contributed by atoms with van der Waals surface area (Å²) in [5, 5.41) is 0.547. The molecule has 22 heavy (non-hydrogen) atoms. The summed E-state index contributed by atoms with van der Waals surface area (Å²) in [5.74, 6) is 0.834. The summed E-state index contributed by atoms with van der Waals surface area (Å²) in [6.07, 6.45) is 6.87. The van der Waals surface area contributed by atoms with Crippen LogP contribution in [0.15, 0.2) is 29.2 Å². The Morgan fingerprint density at radius 2 is 2.14 bits per heavy atom. The smallest absolute Gasteiger partial charge is 0.258 e. The third kappa shape index (κ3) is 2.77. The summed E-state index contributed by atoms with van der Waals surface area (Å²) in [5.41, 5.74) is 1.48. The Kier molecular flexibility index (Phi) is 3.46. The topological polar surface area (TPSA) is 37.6 Å². The number of fused-ring (bicyclic) bond motifs is 1. The number of nitrogens with zero attached hydrogens (tertiary/aromatic N) is 3. The van der Waals surface area contributed by atoms with Crippen LogP contribution in [-0.4, -0.2) is 26.4 Å². The molecule has 0 aliphatic heterocycles. The Morgan fingerprint density at radius 3 is 2.82 bits per heavy atom. The van der Waals surface area contributed by atoms with Crippen LogP contribution in [0, 0.1) is 5.92 Å². The zero-order valence-electron chi connectivity index (χ0n) is 12.7. The first-order chi connectivity index (χ1) is 10.6. The molecule has 0 bridgehead atoms. The Balaban J connectivity index is 1.65. The van der Waals surface area contributed by atoms with E-state index >= 15 is 0 Å². The standard InChI is InChI=1S/C17H20ClN3O/c1-11(12-2-3-12)20(15-5-6-15)10-14-8-17(22)21-9-13(18)4-7-16(21)19-14/h4,7-9,11-12,15H,2-3,5-6,10H2,1H3. The molecule has 0 radical (unpaired) electrons. The summed E-state index contributed by atoms with van der Waals surface area (Å²) in [7, 11) is 0. The van der Waals surface area contributed by atoms with Gasteiger partial charge in [-0.1, -0.05) is 11.6 Å². The summed E-state index contributed by atoms with van der Waals surface area (Å²) < 4.78 is 1.51. The molecule has 2 fully saturated rings. The summed E-state index contributed by atoms with van der Waals surface area (Å²) in [6, 6.07) is 6.51. The van der Waals surface area contributed by atoms with Crippen LogP contribution in [0.5, 0.6) is 0 Å². The largest absolute Gasteiger partial charge is 0.292 e. The van der Waals surface area contributed by atoms with Crippen molar-refractivity contribution in [1.82, 2.24) is 14.3 Å². The van der Waals surface area contributed by atoms with Gasteiger partial charge in [-0.05, 0) is 50.7 Å². The highest BCUT2D eigenvalue weighted by Gasteiger charge is 2.39. The van der Waals surface area contributed by atoms with Gasteiger partial charge in [0.1, 0.15) is 5.65 Å². The van der Waals surface area contributed by atoms with Gasteiger partial charge in [0.2, 0.25) is 0 Å². The number of hydrogen-bond donors (Lipinski definition) is 0. The van der Waals surface area contributed by atoms with E-state index in [0.29, 0.717) is 22.8 Å². The Hall–Kier alpha value is -1.39. The molecule has 0 saturated heterocycles. The fourth-order valence-electron chi connectivity index (χ4n) is 3.26. The second kappa shape index (κ2) is 5.36. The zero-order chi connectivity index (χ0) is 15.3. The van der Waals surface area contributed by atoms with Gasteiger partial charge in [0.05, 0.1) is 10.7 Å². The minimum atomic E-state index is -0.0580. The number of aromatic nitrogens is 2. The molecule has 1 atom stereocenters. The maximum Gasteiger partial charge on any atom is 0.258 e. The summed E-state index contributed by atoms with van der Waals surface area (Å²) in [4.78, 5) is 19.5. The number of pyridine rings is 1. The van der Waals surface area contributed by atoms with Crippen LogP contribution in [0.4, 0.5) is 0 Å². The highest BCUT2D eigenvalue weighted by molar-refractivity contribution is 6.30. The first-order valence-electron chi connectivity index (χ1n) is 8.05. The molecule has 0 N–H and O–H groups in total. The molecule has 2 aliphatic carbocycles. The Morgan fingerprint density at radius 1 is 1.36 bits per heavy atom. The van der Waals surface area contributed by atoms with E-state index in [1.807, 2.05) is 0 Å². The predicted molar refractivity (Wildman–Crippen MR) is 87.2 cm³/mol. The van der Waals surface area contributed by atoms with Crippen LogP contribution < -0.4 is 5.56 Å². The van der Waals surface area contributed by atoms with E-state index in [-0.39, 0.29) is 5.56 Å². The van der Waals surface area contributed by atoms with Gasteiger partial charge in [0.25, 0.3) is 5.56 Å². The van der Waals surface area contributed by atoms with Gasteiger partial charge in [-0.3, -0.25) is 14.1 Å². The molecule has 5 heteroatoms. The highest BCUT2D eigenvalue weighted by Crippen LogP contribution is 2.40. The van der Waals surface area contributed by atoms with Crippen molar-refractivity contribution in [2.45, 2.75) is 51.2 Å². The lowest BCUT2D eigenvalue weighted by molar-refractivity contribution is 0.168. The van der Waals surface area contributed by atoms with Gasteiger partial charge in [-0.2, -0.15) is 0 Å². The van der Waals surface area contributed by atoms with Crippen LogP contribution in [0.2, 0.25) is 5.02 Å². The molecular formula is C17H20ClN3O. The molecule has 2 aromatic rings. The zero-order valence-corrected chi connectivity index (χ0v) is 13.5. The SMILES string of the molecule is CC(C1CC1)N(Cc1cc(=O)n2cc(Cl)ccc2n1)C1CC1.